The van der Waals surface area contributed by atoms with E-state index in [0.29, 0.717) is 41.9 Å². The Morgan fingerprint density at radius 3 is 2.40 bits per heavy atom. The number of hydrogen-bond acceptors (Lipinski definition) is 5. The van der Waals surface area contributed by atoms with Gasteiger partial charge in [0.25, 0.3) is 0 Å². The van der Waals surface area contributed by atoms with Crippen molar-refractivity contribution in [3.8, 4) is 0 Å². The normalized spacial score (nSPS) is 43.9. The van der Waals surface area contributed by atoms with Crippen LogP contribution in [0.15, 0.2) is 0 Å². The largest absolute Gasteiger partial charge is 0.469 e. The quantitative estimate of drug-likeness (QED) is 0.467. The summed E-state index contributed by atoms with van der Waals surface area (Å²) in [6.07, 6.45) is 9.61. The standard InChI is InChI=1S/C30H50O5/c1-18(8-13-26(32)35-28(2,3)4)22-11-12-23-21-10-9-20-16-19(27(33)34-7)14-15-29(20,5)24(21)17-25(31)30(22,23)6/h18-25,31H,8-17H2,1-7H3/t18?,19?,20?,21?,22?,23?,24?,25?,29-,30+/m0/s1. The molecule has 4 rings (SSSR count). The van der Waals surface area contributed by atoms with Crippen LogP contribution in [-0.2, 0) is 19.1 Å². The molecule has 0 aliphatic heterocycles. The van der Waals surface area contributed by atoms with Crippen molar-refractivity contribution in [2.45, 2.75) is 117 Å². The van der Waals surface area contributed by atoms with E-state index in [0.717, 1.165) is 38.5 Å². The molecule has 200 valence electrons. The number of carbonyl (C=O) groups excluding carboxylic acids is 2. The Kier molecular flexibility index (Phi) is 7.43. The lowest BCUT2D eigenvalue weighted by atomic mass is 9.43. The van der Waals surface area contributed by atoms with Crippen molar-refractivity contribution in [1.29, 1.82) is 0 Å². The molecular formula is C30H50O5. The first-order chi connectivity index (χ1) is 16.3. The summed E-state index contributed by atoms with van der Waals surface area (Å²) in [5.41, 5.74) is -0.290. The molecule has 8 unspecified atom stereocenters. The molecule has 4 fully saturated rings. The summed E-state index contributed by atoms with van der Waals surface area (Å²) >= 11 is 0. The molecular weight excluding hydrogens is 440 g/mol. The molecule has 4 saturated carbocycles. The summed E-state index contributed by atoms with van der Waals surface area (Å²) in [4.78, 5) is 24.6. The molecule has 0 aromatic heterocycles. The zero-order chi connectivity index (χ0) is 25.8. The maximum atomic E-state index is 12.3. The van der Waals surface area contributed by atoms with Crippen molar-refractivity contribution in [2.75, 3.05) is 7.11 Å². The van der Waals surface area contributed by atoms with Crippen LogP contribution in [0.1, 0.15) is 106 Å². The fourth-order valence-electron chi connectivity index (χ4n) is 9.50. The van der Waals surface area contributed by atoms with E-state index in [9.17, 15) is 14.7 Å². The predicted molar refractivity (Wildman–Crippen MR) is 136 cm³/mol. The van der Waals surface area contributed by atoms with Crippen molar-refractivity contribution in [3.05, 3.63) is 0 Å². The molecule has 0 bridgehead atoms. The Morgan fingerprint density at radius 1 is 1.03 bits per heavy atom. The van der Waals surface area contributed by atoms with Gasteiger partial charge in [0.1, 0.15) is 5.60 Å². The van der Waals surface area contributed by atoms with Gasteiger partial charge in [-0.2, -0.15) is 0 Å². The lowest BCUT2D eigenvalue weighted by molar-refractivity contribution is -0.176. The van der Waals surface area contributed by atoms with Gasteiger partial charge in [0, 0.05) is 6.42 Å². The van der Waals surface area contributed by atoms with E-state index in [1.54, 1.807) is 0 Å². The van der Waals surface area contributed by atoms with E-state index in [2.05, 4.69) is 20.8 Å². The molecule has 5 heteroatoms. The van der Waals surface area contributed by atoms with Crippen molar-refractivity contribution in [3.63, 3.8) is 0 Å². The number of aliphatic hydroxyl groups is 1. The molecule has 10 atom stereocenters. The highest BCUT2D eigenvalue weighted by atomic mass is 16.6. The van der Waals surface area contributed by atoms with E-state index in [1.165, 1.54) is 26.4 Å². The number of ether oxygens (including phenoxy) is 2. The van der Waals surface area contributed by atoms with Crippen LogP contribution < -0.4 is 0 Å². The second-order valence-electron chi connectivity index (χ2n) is 14.1. The second kappa shape index (κ2) is 9.65. The SMILES string of the molecule is COC(=O)C1CC[C@@]2(C)C(CCC3C2CC(O)[C@]2(C)C(C(C)CCC(=O)OC(C)(C)C)CCC32)C1. The molecule has 1 N–H and O–H groups in total. The molecule has 0 aromatic rings. The average molecular weight is 491 g/mol. The first-order valence-electron chi connectivity index (χ1n) is 14.3. The topological polar surface area (TPSA) is 72.8 Å². The van der Waals surface area contributed by atoms with E-state index in [4.69, 9.17) is 9.47 Å². The monoisotopic (exact) mass is 490 g/mol. The minimum Gasteiger partial charge on any atom is -0.469 e. The molecule has 0 aromatic carbocycles. The average Bonchev–Trinajstić information content (AvgIpc) is 3.15. The highest BCUT2D eigenvalue weighted by Crippen LogP contribution is 2.68. The number of rotatable bonds is 5. The van der Waals surface area contributed by atoms with Gasteiger partial charge >= 0.3 is 11.9 Å². The minimum atomic E-state index is -0.440. The fourth-order valence-corrected chi connectivity index (χ4v) is 9.50. The highest BCUT2D eigenvalue weighted by molar-refractivity contribution is 5.72. The zero-order valence-corrected chi connectivity index (χ0v) is 23.3. The third-order valence-electron chi connectivity index (χ3n) is 11.3. The van der Waals surface area contributed by atoms with Gasteiger partial charge in [0.15, 0.2) is 0 Å². The van der Waals surface area contributed by atoms with Crippen molar-refractivity contribution in [2.24, 2.45) is 52.3 Å². The first-order valence-corrected chi connectivity index (χ1v) is 14.3. The van der Waals surface area contributed by atoms with Crippen molar-refractivity contribution < 1.29 is 24.2 Å². The van der Waals surface area contributed by atoms with E-state index < -0.39 is 5.60 Å². The van der Waals surface area contributed by atoms with E-state index >= 15 is 0 Å². The van der Waals surface area contributed by atoms with Gasteiger partial charge in [0.2, 0.25) is 0 Å². The summed E-state index contributed by atoms with van der Waals surface area (Å²) < 4.78 is 10.6. The summed E-state index contributed by atoms with van der Waals surface area (Å²) in [5.74, 6) is 3.08. The van der Waals surface area contributed by atoms with E-state index in [1.807, 2.05) is 20.8 Å². The lowest BCUT2D eigenvalue weighted by Crippen LogP contribution is -2.58. The molecule has 0 spiro atoms. The number of aliphatic hydroxyl groups excluding tert-OH is 1. The zero-order valence-electron chi connectivity index (χ0n) is 23.3. The van der Waals surface area contributed by atoms with Crippen LogP contribution in [0.3, 0.4) is 0 Å². The van der Waals surface area contributed by atoms with Gasteiger partial charge in [0.05, 0.1) is 19.1 Å². The molecule has 4 aliphatic carbocycles. The third kappa shape index (κ3) is 4.80. The van der Waals surface area contributed by atoms with Gasteiger partial charge in [-0.3, -0.25) is 9.59 Å². The number of hydrogen-bond donors (Lipinski definition) is 1. The van der Waals surface area contributed by atoms with Crippen LogP contribution in [0.5, 0.6) is 0 Å². The second-order valence-corrected chi connectivity index (χ2v) is 14.1. The Bertz CT molecular complexity index is 801. The molecule has 5 nitrogen and oxygen atoms in total. The fraction of sp³-hybridized carbons (Fsp3) is 0.933. The van der Waals surface area contributed by atoms with Crippen LogP contribution in [0.2, 0.25) is 0 Å². The minimum absolute atomic E-state index is 0.0376. The first kappa shape index (κ1) is 26.9. The van der Waals surface area contributed by atoms with Crippen molar-refractivity contribution >= 4 is 11.9 Å². The smallest absolute Gasteiger partial charge is 0.308 e. The van der Waals surface area contributed by atoms with Crippen LogP contribution >= 0.6 is 0 Å². The van der Waals surface area contributed by atoms with Gasteiger partial charge < -0.3 is 14.6 Å². The maximum absolute atomic E-state index is 12.3. The number of esters is 2. The lowest BCUT2D eigenvalue weighted by Gasteiger charge is -2.62. The highest BCUT2D eigenvalue weighted by Gasteiger charge is 2.64. The number of fused-ring (bicyclic) bond motifs is 5. The number of carbonyl (C=O) groups is 2. The van der Waals surface area contributed by atoms with Gasteiger partial charge in [-0.05, 0) is 125 Å². The number of methoxy groups -OCH3 is 1. The van der Waals surface area contributed by atoms with Gasteiger partial charge in [-0.15, -0.1) is 0 Å². The summed E-state index contributed by atoms with van der Waals surface area (Å²) in [7, 11) is 1.51. The van der Waals surface area contributed by atoms with E-state index in [-0.39, 0.29) is 34.8 Å². The Morgan fingerprint density at radius 2 is 1.74 bits per heavy atom. The van der Waals surface area contributed by atoms with Gasteiger partial charge in [-0.1, -0.05) is 20.8 Å². The summed E-state index contributed by atoms with van der Waals surface area (Å²) in [5, 5.41) is 11.7. The van der Waals surface area contributed by atoms with Crippen LogP contribution in [0.25, 0.3) is 0 Å². The third-order valence-corrected chi connectivity index (χ3v) is 11.3. The maximum Gasteiger partial charge on any atom is 0.308 e. The summed E-state index contributed by atoms with van der Waals surface area (Å²) in [6, 6.07) is 0. The molecule has 0 amide bonds. The van der Waals surface area contributed by atoms with Crippen LogP contribution in [-0.4, -0.2) is 35.9 Å². The Balaban J connectivity index is 1.46. The summed E-state index contributed by atoms with van der Waals surface area (Å²) in [6.45, 7) is 12.9. The van der Waals surface area contributed by atoms with Gasteiger partial charge in [-0.25, -0.2) is 0 Å². The Hall–Kier alpha value is -1.10. The van der Waals surface area contributed by atoms with Crippen molar-refractivity contribution in [1.82, 2.24) is 0 Å². The molecule has 0 heterocycles. The van der Waals surface area contributed by atoms with Crippen LogP contribution in [0.4, 0.5) is 0 Å². The molecule has 0 radical (unpaired) electrons. The molecule has 4 aliphatic rings. The van der Waals surface area contributed by atoms with Crippen LogP contribution in [0, 0.1) is 52.3 Å². The molecule has 0 saturated heterocycles. The predicted octanol–water partition coefficient (Wildman–Crippen LogP) is 6.16. The molecule has 35 heavy (non-hydrogen) atoms. The Labute approximate surface area is 213 Å².